The van der Waals surface area contributed by atoms with E-state index in [1.807, 2.05) is 13.8 Å². The van der Waals surface area contributed by atoms with Crippen molar-refractivity contribution in [1.82, 2.24) is 15.1 Å². The number of nitrogen functional groups attached to an aromatic ring is 1. The summed E-state index contributed by atoms with van der Waals surface area (Å²) in [5, 5.41) is 16.0. The van der Waals surface area contributed by atoms with E-state index in [4.69, 9.17) is 10.8 Å². The SMILES string of the molecule is CCn1nc(C)c(N)c1C(=O)NCCCC(C)CO. The summed E-state index contributed by atoms with van der Waals surface area (Å²) in [6.07, 6.45) is 1.73. The van der Waals surface area contributed by atoms with E-state index in [0.29, 0.717) is 30.2 Å². The molecular formula is C13H24N4O2. The Morgan fingerprint density at radius 2 is 2.26 bits per heavy atom. The number of nitrogens with two attached hydrogens (primary N) is 1. The number of nitrogens with one attached hydrogen (secondary N) is 1. The summed E-state index contributed by atoms with van der Waals surface area (Å²) in [5.74, 6) is 0.0852. The van der Waals surface area contributed by atoms with Crippen molar-refractivity contribution in [3.63, 3.8) is 0 Å². The lowest BCUT2D eigenvalue weighted by Crippen LogP contribution is -2.28. The van der Waals surface area contributed by atoms with Gasteiger partial charge in [0.1, 0.15) is 5.69 Å². The molecule has 0 spiro atoms. The number of amides is 1. The summed E-state index contributed by atoms with van der Waals surface area (Å²) >= 11 is 0. The molecule has 1 atom stereocenters. The van der Waals surface area contributed by atoms with Crippen LogP contribution in [0.2, 0.25) is 0 Å². The molecule has 19 heavy (non-hydrogen) atoms. The summed E-state index contributed by atoms with van der Waals surface area (Å²) in [7, 11) is 0. The van der Waals surface area contributed by atoms with Gasteiger partial charge in [-0.25, -0.2) is 0 Å². The Morgan fingerprint density at radius 1 is 1.58 bits per heavy atom. The molecule has 0 aliphatic carbocycles. The first-order valence-electron chi connectivity index (χ1n) is 6.73. The molecular weight excluding hydrogens is 244 g/mol. The summed E-state index contributed by atoms with van der Waals surface area (Å²) < 4.78 is 1.62. The Morgan fingerprint density at radius 3 is 2.84 bits per heavy atom. The van der Waals surface area contributed by atoms with E-state index in [9.17, 15) is 4.79 Å². The first-order valence-corrected chi connectivity index (χ1v) is 6.73. The number of carbonyl (C=O) groups is 1. The molecule has 1 aromatic rings. The molecule has 0 saturated heterocycles. The van der Waals surface area contributed by atoms with Gasteiger partial charge in [-0.05, 0) is 32.6 Å². The summed E-state index contributed by atoms with van der Waals surface area (Å²) in [5.41, 5.74) is 7.45. The van der Waals surface area contributed by atoms with Gasteiger partial charge in [-0.3, -0.25) is 9.48 Å². The zero-order chi connectivity index (χ0) is 14.4. The molecule has 0 fully saturated rings. The van der Waals surface area contributed by atoms with Gasteiger partial charge in [-0.15, -0.1) is 0 Å². The lowest BCUT2D eigenvalue weighted by molar-refractivity contribution is 0.0942. The second kappa shape index (κ2) is 7.13. The molecule has 1 amide bonds. The van der Waals surface area contributed by atoms with Crippen LogP contribution in [0.25, 0.3) is 0 Å². The van der Waals surface area contributed by atoms with Crippen LogP contribution in [0.15, 0.2) is 0 Å². The first kappa shape index (κ1) is 15.5. The number of hydrogen-bond donors (Lipinski definition) is 3. The molecule has 0 bridgehead atoms. The quantitative estimate of drug-likeness (QED) is 0.641. The van der Waals surface area contributed by atoms with Gasteiger partial charge in [0.25, 0.3) is 5.91 Å². The van der Waals surface area contributed by atoms with Crippen molar-refractivity contribution in [2.45, 2.75) is 40.2 Å². The number of aryl methyl sites for hydroxylation is 2. The molecule has 0 aromatic carbocycles. The van der Waals surface area contributed by atoms with Crippen LogP contribution in [-0.4, -0.2) is 33.9 Å². The second-order valence-corrected chi connectivity index (χ2v) is 4.85. The van der Waals surface area contributed by atoms with Crippen LogP contribution in [0.5, 0.6) is 0 Å². The highest BCUT2D eigenvalue weighted by atomic mass is 16.3. The molecule has 1 heterocycles. The average molecular weight is 268 g/mol. The Balaban J connectivity index is 2.54. The van der Waals surface area contributed by atoms with Crippen molar-refractivity contribution in [1.29, 1.82) is 0 Å². The number of nitrogens with zero attached hydrogens (tertiary/aromatic N) is 2. The highest BCUT2D eigenvalue weighted by Gasteiger charge is 2.18. The normalized spacial score (nSPS) is 12.4. The molecule has 0 radical (unpaired) electrons. The minimum Gasteiger partial charge on any atom is -0.396 e. The van der Waals surface area contributed by atoms with Crippen LogP contribution in [0.3, 0.4) is 0 Å². The third-order valence-corrected chi connectivity index (χ3v) is 3.16. The molecule has 1 rings (SSSR count). The number of rotatable bonds is 7. The maximum Gasteiger partial charge on any atom is 0.271 e. The predicted molar refractivity (Wildman–Crippen MR) is 74.9 cm³/mol. The zero-order valence-electron chi connectivity index (χ0n) is 11.9. The van der Waals surface area contributed by atoms with Gasteiger partial charge in [-0.2, -0.15) is 5.10 Å². The standard InChI is InChI=1S/C13H24N4O2/c1-4-17-12(11(14)10(3)16-17)13(19)15-7-5-6-9(2)8-18/h9,18H,4-8,14H2,1-3H3,(H,15,19). The average Bonchev–Trinajstić information content (AvgIpc) is 2.69. The van der Waals surface area contributed by atoms with E-state index in [0.717, 1.165) is 12.8 Å². The number of aliphatic hydroxyl groups is 1. The van der Waals surface area contributed by atoms with Crippen LogP contribution < -0.4 is 11.1 Å². The van der Waals surface area contributed by atoms with Crippen molar-refractivity contribution >= 4 is 11.6 Å². The molecule has 1 aromatic heterocycles. The Bertz CT molecular complexity index is 429. The summed E-state index contributed by atoms with van der Waals surface area (Å²) in [6.45, 7) is 7.07. The molecule has 0 aliphatic heterocycles. The Hall–Kier alpha value is -1.56. The van der Waals surface area contributed by atoms with E-state index in [1.165, 1.54) is 0 Å². The maximum atomic E-state index is 12.1. The monoisotopic (exact) mass is 268 g/mol. The lowest BCUT2D eigenvalue weighted by atomic mass is 10.1. The minimum absolute atomic E-state index is 0.183. The highest BCUT2D eigenvalue weighted by Crippen LogP contribution is 2.16. The number of aromatic nitrogens is 2. The van der Waals surface area contributed by atoms with Crippen LogP contribution in [-0.2, 0) is 6.54 Å². The van der Waals surface area contributed by atoms with Crippen LogP contribution in [0.4, 0.5) is 5.69 Å². The molecule has 1 unspecified atom stereocenters. The van der Waals surface area contributed by atoms with Crippen molar-refractivity contribution in [2.24, 2.45) is 5.92 Å². The van der Waals surface area contributed by atoms with Crippen molar-refractivity contribution in [2.75, 3.05) is 18.9 Å². The summed E-state index contributed by atoms with van der Waals surface area (Å²) in [4.78, 5) is 12.1. The molecule has 4 N–H and O–H groups in total. The van der Waals surface area contributed by atoms with Gasteiger partial charge < -0.3 is 16.2 Å². The number of aliphatic hydroxyl groups excluding tert-OH is 1. The molecule has 6 heteroatoms. The molecule has 0 aliphatic rings. The van der Waals surface area contributed by atoms with Gasteiger partial charge in [0.2, 0.25) is 0 Å². The van der Waals surface area contributed by atoms with Crippen molar-refractivity contribution < 1.29 is 9.90 Å². The van der Waals surface area contributed by atoms with Gasteiger partial charge in [0.15, 0.2) is 0 Å². The molecule has 6 nitrogen and oxygen atoms in total. The van der Waals surface area contributed by atoms with Crippen LogP contribution in [0.1, 0.15) is 42.9 Å². The number of hydrogen-bond acceptors (Lipinski definition) is 4. The number of carbonyl (C=O) groups excluding carboxylic acids is 1. The topological polar surface area (TPSA) is 93.2 Å². The highest BCUT2D eigenvalue weighted by molar-refractivity contribution is 5.97. The van der Waals surface area contributed by atoms with Gasteiger partial charge in [-0.1, -0.05) is 6.92 Å². The minimum atomic E-state index is -0.184. The first-order chi connectivity index (χ1) is 9.01. The molecule has 0 saturated carbocycles. The molecule has 108 valence electrons. The Labute approximate surface area is 114 Å². The number of anilines is 1. The van der Waals surface area contributed by atoms with Crippen LogP contribution in [0, 0.1) is 12.8 Å². The van der Waals surface area contributed by atoms with Gasteiger partial charge >= 0.3 is 0 Å². The van der Waals surface area contributed by atoms with E-state index in [-0.39, 0.29) is 18.4 Å². The lowest BCUT2D eigenvalue weighted by Gasteiger charge is -2.09. The largest absolute Gasteiger partial charge is 0.396 e. The van der Waals surface area contributed by atoms with E-state index in [2.05, 4.69) is 10.4 Å². The maximum absolute atomic E-state index is 12.1. The van der Waals surface area contributed by atoms with Crippen molar-refractivity contribution in [3.8, 4) is 0 Å². The zero-order valence-corrected chi connectivity index (χ0v) is 11.9. The van der Waals surface area contributed by atoms with Gasteiger partial charge in [0, 0.05) is 19.7 Å². The smallest absolute Gasteiger partial charge is 0.271 e. The fourth-order valence-corrected chi connectivity index (χ4v) is 1.89. The van der Waals surface area contributed by atoms with Crippen molar-refractivity contribution in [3.05, 3.63) is 11.4 Å². The third-order valence-electron chi connectivity index (χ3n) is 3.16. The fraction of sp³-hybridized carbons (Fsp3) is 0.692. The van der Waals surface area contributed by atoms with E-state index in [1.54, 1.807) is 11.6 Å². The van der Waals surface area contributed by atoms with E-state index < -0.39 is 0 Å². The predicted octanol–water partition coefficient (Wildman–Crippen LogP) is 0.932. The second-order valence-electron chi connectivity index (χ2n) is 4.85. The van der Waals surface area contributed by atoms with Gasteiger partial charge in [0.05, 0.1) is 11.4 Å². The third kappa shape index (κ3) is 3.96. The fourth-order valence-electron chi connectivity index (χ4n) is 1.89. The van der Waals surface area contributed by atoms with E-state index >= 15 is 0 Å². The van der Waals surface area contributed by atoms with Crippen LogP contribution >= 0.6 is 0 Å². The Kier molecular flexibility index (Phi) is 5.82. The summed E-state index contributed by atoms with van der Waals surface area (Å²) in [6, 6.07) is 0.